The van der Waals surface area contributed by atoms with Crippen molar-refractivity contribution in [3.8, 4) is 5.75 Å². The summed E-state index contributed by atoms with van der Waals surface area (Å²) in [5.74, 6) is 1.65. The number of ether oxygens (including phenoxy) is 1. The van der Waals surface area contributed by atoms with Gasteiger partial charge in [0.1, 0.15) is 18.1 Å². The lowest BCUT2D eigenvalue weighted by Gasteiger charge is -2.07. The molecule has 0 saturated carbocycles. The van der Waals surface area contributed by atoms with E-state index in [1.54, 1.807) is 6.26 Å². The molecule has 1 aromatic carbocycles. The lowest BCUT2D eigenvalue weighted by molar-refractivity contribution is 0.268. The monoisotopic (exact) mass is 279 g/mol. The van der Waals surface area contributed by atoms with Gasteiger partial charge in [-0.15, -0.1) is 0 Å². The van der Waals surface area contributed by atoms with E-state index in [1.807, 2.05) is 31.2 Å². The molecule has 0 spiro atoms. The van der Waals surface area contributed by atoms with Crippen LogP contribution in [0.5, 0.6) is 5.75 Å². The Morgan fingerprint density at radius 3 is 2.89 bits per heavy atom. The summed E-state index contributed by atoms with van der Waals surface area (Å²) >= 11 is 5.90. The van der Waals surface area contributed by atoms with Gasteiger partial charge in [-0.25, -0.2) is 0 Å². The number of nitrogens with one attached hydrogen (secondary N) is 1. The maximum atomic E-state index is 5.90. The van der Waals surface area contributed by atoms with Gasteiger partial charge >= 0.3 is 0 Å². The van der Waals surface area contributed by atoms with Gasteiger partial charge in [0.25, 0.3) is 0 Å². The van der Waals surface area contributed by atoms with Crippen LogP contribution in [-0.4, -0.2) is 6.54 Å². The fourth-order valence-corrected chi connectivity index (χ4v) is 2.01. The van der Waals surface area contributed by atoms with E-state index in [-0.39, 0.29) is 0 Å². The number of hydrogen-bond donors (Lipinski definition) is 1. The van der Waals surface area contributed by atoms with Crippen LogP contribution in [0.2, 0.25) is 5.02 Å². The molecule has 0 saturated heterocycles. The van der Waals surface area contributed by atoms with Gasteiger partial charge in [0, 0.05) is 17.1 Å². The van der Waals surface area contributed by atoms with Crippen molar-refractivity contribution < 1.29 is 9.15 Å². The largest absolute Gasteiger partial charge is 0.485 e. The van der Waals surface area contributed by atoms with E-state index in [1.165, 1.54) is 0 Å². The van der Waals surface area contributed by atoms with Gasteiger partial charge < -0.3 is 14.5 Å². The van der Waals surface area contributed by atoms with E-state index in [4.69, 9.17) is 20.8 Å². The molecule has 4 heteroatoms. The van der Waals surface area contributed by atoms with Crippen molar-refractivity contribution in [3.05, 3.63) is 52.4 Å². The molecule has 1 N–H and O–H groups in total. The minimum Gasteiger partial charge on any atom is -0.485 e. The molecule has 0 aliphatic rings. The third kappa shape index (κ3) is 4.01. The zero-order valence-corrected chi connectivity index (χ0v) is 12.0. The third-order valence-electron chi connectivity index (χ3n) is 2.79. The SMILES string of the molecule is CCNCc1coc(COc2ccc(Cl)cc2C)c1. The molecule has 2 aromatic rings. The lowest BCUT2D eigenvalue weighted by Crippen LogP contribution is -2.10. The molecule has 0 bridgehead atoms. The summed E-state index contributed by atoms with van der Waals surface area (Å²) in [7, 11) is 0. The van der Waals surface area contributed by atoms with E-state index in [9.17, 15) is 0 Å². The van der Waals surface area contributed by atoms with Gasteiger partial charge in [-0.05, 0) is 43.3 Å². The van der Waals surface area contributed by atoms with Crippen molar-refractivity contribution in [2.24, 2.45) is 0 Å². The molecule has 0 radical (unpaired) electrons. The lowest BCUT2D eigenvalue weighted by atomic mass is 10.2. The van der Waals surface area contributed by atoms with Gasteiger partial charge in [0.2, 0.25) is 0 Å². The Labute approximate surface area is 118 Å². The number of hydrogen-bond acceptors (Lipinski definition) is 3. The topological polar surface area (TPSA) is 34.4 Å². The highest BCUT2D eigenvalue weighted by atomic mass is 35.5. The van der Waals surface area contributed by atoms with Crippen LogP contribution in [0.3, 0.4) is 0 Å². The summed E-state index contributed by atoms with van der Waals surface area (Å²) in [4.78, 5) is 0. The third-order valence-corrected chi connectivity index (χ3v) is 3.03. The van der Waals surface area contributed by atoms with E-state index in [0.29, 0.717) is 6.61 Å². The minimum atomic E-state index is 0.425. The van der Waals surface area contributed by atoms with Gasteiger partial charge in [0.15, 0.2) is 0 Å². The number of benzene rings is 1. The summed E-state index contributed by atoms with van der Waals surface area (Å²) in [6, 6.07) is 7.59. The Morgan fingerprint density at radius 2 is 2.16 bits per heavy atom. The molecule has 102 valence electrons. The number of aryl methyl sites for hydroxylation is 1. The molecule has 1 aromatic heterocycles. The first-order valence-electron chi connectivity index (χ1n) is 6.35. The number of furan rings is 1. The summed E-state index contributed by atoms with van der Waals surface area (Å²) < 4.78 is 11.2. The molecule has 2 rings (SSSR count). The maximum absolute atomic E-state index is 5.90. The van der Waals surface area contributed by atoms with Crippen LogP contribution in [0.1, 0.15) is 23.8 Å². The van der Waals surface area contributed by atoms with E-state index >= 15 is 0 Å². The van der Waals surface area contributed by atoms with Crippen molar-refractivity contribution in [1.29, 1.82) is 0 Å². The van der Waals surface area contributed by atoms with Gasteiger partial charge in [-0.1, -0.05) is 18.5 Å². The van der Waals surface area contributed by atoms with Crippen LogP contribution in [0.15, 0.2) is 34.9 Å². The normalized spacial score (nSPS) is 10.7. The van der Waals surface area contributed by atoms with E-state index < -0.39 is 0 Å². The highest BCUT2D eigenvalue weighted by Crippen LogP contribution is 2.23. The molecule has 0 unspecified atom stereocenters. The van der Waals surface area contributed by atoms with Crippen LogP contribution in [-0.2, 0) is 13.2 Å². The fraction of sp³-hybridized carbons (Fsp3) is 0.333. The summed E-state index contributed by atoms with van der Waals surface area (Å²) in [6.45, 7) is 6.24. The minimum absolute atomic E-state index is 0.425. The van der Waals surface area contributed by atoms with E-state index in [0.717, 1.165) is 40.7 Å². The summed E-state index contributed by atoms with van der Waals surface area (Å²) in [5.41, 5.74) is 2.15. The zero-order chi connectivity index (χ0) is 13.7. The van der Waals surface area contributed by atoms with Crippen LogP contribution >= 0.6 is 11.6 Å². The second-order valence-corrected chi connectivity index (χ2v) is 4.84. The van der Waals surface area contributed by atoms with E-state index in [2.05, 4.69) is 12.2 Å². The van der Waals surface area contributed by atoms with Crippen molar-refractivity contribution in [2.45, 2.75) is 27.0 Å². The van der Waals surface area contributed by atoms with Crippen molar-refractivity contribution >= 4 is 11.6 Å². The summed E-state index contributed by atoms with van der Waals surface area (Å²) in [6.07, 6.45) is 1.76. The van der Waals surface area contributed by atoms with Crippen LogP contribution < -0.4 is 10.1 Å². The molecule has 3 nitrogen and oxygen atoms in total. The van der Waals surface area contributed by atoms with Crippen LogP contribution in [0.4, 0.5) is 0 Å². The molecular formula is C15H18ClNO2. The Morgan fingerprint density at radius 1 is 1.32 bits per heavy atom. The predicted octanol–water partition coefficient (Wildman–Crippen LogP) is 3.93. The first kappa shape index (κ1) is 14.0. The average molecular weight is 280 g/mol. The molecule has 0 amide bonds. The van der Waals surface area contributed by atoms with Gasteiger partial charge in [-0.2, -0.15) is 0 Å². The summed E-state index contributed by atoms with van der Waals surface area (Å²) in [5, 5.41) is 3.97. The first-order valence-corrected chi connectivity index (χ1v) is 6.72. The van der Waals surface area contributed by atoms with Gasteiger partial charge in [0.05, 0.1) is 6.26 Å². The van der Waals surface area contributed by atoms with Gasteiger partial charge in [-0.3, -0.25) is 0 Å². The second kappa shape index (κ2) is 6.64. The Bertz CT molecular complexity index is 537. The smallest absolute Gasteiger partial charge is 0.146 e. The Balaban J connectivity index is 1.92. The fourth-order valence-electron chi connectivity index (χ4n) is 1.79. The molecule has 19 heavy (non-hydrogen) atoms. The Hall–Kier alpha value is -1.45. The molecular weight excluding hydrogens is 262 g/mol. The van der Waals surface area contributed by atoms with Crippen molar-refractivity contribution in [2.75, 3.05) is 6.54 Å². The maximum Gasteiger partial charge on any atom is 0.146 e. The zero-order valence-electron chi connectivity index (χ0n) is 11.2. The van der Waals surface area contributed by atoms with Crippen molar-refractivity contribution in [3.63, 3.8) is 0 Å². The van der Waals surface area contributed by atoms with Crippen LogP contribution in [0.25, 0.3) is 0 Å². The number of halogens is 1. The van der Waals surface area contributed by atoms with Crippen LogP contribution in [0, 0.1) is 6.92 Å². The molecule has 0 aliphatic carbocycles. The number of rotatable bonds is 6. The second-order valence-electron chi connectivity index (χ2n) is 4.40. The highest BCUT2D eigenvalue weighted by Gasteiger charge is 2.05. The molecule has 1 heterocycles. The predicted molar refractivity (Wildman–Crippen MR) is 76.6 cm³/mol. The first-order chi connectivity index (χ1) is 9.19. The standard InChI is InChI=1S/C15H18ClNO2/c1-3-17-8-12-7-14(18-9-12)10-19-15-5-4-13(16)6-11(15)2/h4-7,9,17H,3,8,10H2,1-2H3. The molecule has 0 fully saturated rings. The molecule has 0 atom stereocenters. The van der Waals surface area contributed by atoms with Crippen molar-refractivity contribution in [1.82, 2.24) is 5.32 Å². The quantitative estimate of drug-likeness (QED) is 0.870. The highest BCUT2D eigenvalue weighted by molar-refractivity contribution is 6.30. The Kier molecular flexibility index (Phi) is 4.88. The molecule has 0 aliphatic heterocycles. The average Bonchev–Trinajstić information content (AvgIpc) is 2.83.